The van der Waals surface area contributed by atoms with E-state index in [9.17, 15) is 19.2 Å². The fourth-order valence-electron chi connectivity index (χ4n) is 9.27. The van der Waals surface area contributed by atoms with Crippen LogP contribution in [-0.4, -0.2) is 58.6 Å². The van der Waals surface area contributed by atoms with Crippen molar-refractivity contribution in [2.24, 2.45) is 11.8 Å². The Labute approximate surface area is 324 Å². The number of furan rings is 2. The second-order valence-electron chi connectivity index (χ2n) is 15.5. The first-order valence-corrected chi connectivity index (χ1v) is 20.4. The molecule has 2 N–H and O–H groups in total. The molecule has 8 rings (SSSR count). The molecule has 4 amide bonds. The summed E-state index contributed by atoms with van der Waals surface area (Å²) in [7, 11) is 0. The van der Waals surface area contributed by atoms with E-state index in [1.807, 2.05) is 77.4 Å². The van der Waals surface area contributed by atoms with E-state index >= 15 is 0 Å². The largest absolute Gasteiger partial charge is 0.451 e. The molecule has 4 aromatic rings. The molecule has 2 aliphatic carbocycles. The van der Waals surface area contributed by atoms with Crippen molar-refractivity contribution in [3.63, 3.8) is 0 Å². The Kier molecular flexibility index (Phi) is 12.2. The Bertz CT molecular complexity index is 1980. The predicted molar refractivity (Wildman–Crippen MR) is 214 cm³/mol. The van der Waals surface area contributed by atoms with Gasteiger partial charge in [0.15, 0.2) is 11.5 Å². The van der Waals surface area contributed by atoms with Gasteiger partial charge in [0.2, 0.25) is 11.8 Å². The first-order chi connectivity index (χ1) is 26.8. The van der Waals surface area contributed by atoms with Gasteiger partial charge in [-0.15, -0.1) is 0 Å². The fourth-order valence-corrected chi connectivity index (χ4v) is 9.27. The van der Waals surface area contributed by atoms with Crippen molar-refractivity contribution in [3.8, 4) is 22.6 Å². The summed E-state index contributed by atoms with van der Waals surface area (Å²) in [5.41, 5.74) is 2.95. The zero-order valence-corrected chi connectivity index (χ0v) is 32.2. The second kappa shape index (κ2) is 17.6. The van der Waals surface area contributed by atoms with Crippen LogP contribution in [0.15, 0.2) is 81.6 Å². The lowest BCUT2D eigenvalue weighted by molar-refractivity contribution is -0.116. The monoisotopic (exact) mass is 746 g/mol. The maximum atomic E-state index is 13.2. The molecule has 4 aliphatic rings. The summed E-state index contributed by atoms with van der Waals surface area (Å²) in [6, 6.07) is 22.9. The Morgan fingerprint density at radius 1 is 0.582 bits per heavy atom. The molecule has 2 saturated carbocycles. The molecule has 4 atom stereocenters. The smallest absolute Gasteiger partial charge is 0.289 e. The summed E-state index contributed by atoms with van der Waals surface area (Å²) in [5, 5.41) is 5.72. The Morgan fingerprint density at radius 2 is 1.02 bits per heavy atom. The highest BCUT2D eigenvalue weighted by Gasteiger charge is 2.38. The summed E-state index contributed by atoms with van der Waals surface area (Å²) >= 11 is 0. The minimum Gasteiger partial charge on any atom is -0.451 e. The molecule has 0 bridgehead atoms. The normalized spacial score (nSPS) is 22.0. The van der Waals surface area contributed by atoms with Crippen LogP contribution >= 0.6 is 0 Å². The number of amides is 4. The van der Waals surface area contributed by atoms with E-state index in [0.29, 0.717) is 64.8 Å². The van der Waals surface area contributed by atoms with Gasteiger partial charge in [0.1, 0.15) is 11.5 Å². The van der Waals surface area contributed by atoms with E-state index in [2.05, 4.69) is 10.6 Å². The standard InChI is InChI=1S/C23H28N2O3.C22H26N2O3/c1-2-22(26)24-18-11-5-4-10-17(18)20-13-14-21(28-20)23(27)25-15-7-9-16-8-3-6-12-19(16)25;1-15(25)23-18-10-4-3-9-17(18)20-12-13-21(27-20)22(26)24-14-6-8-16-7-2-5-11-19(16)24/h4-5,10-11,13-14,16,19H,2-3,6-9,12,15H2,1H3,(H,24,26);3-4,9-10,12-13,16,19H,2,5-8,11,14H2,1H3,(H,23,25)/t2*16-,19-/m00/s1. The van der Waals surface area contributed by atoms with Crippen molar-refractivity contribution in [2.45, 2.75) is 109 Å². The van der Waals surface area contributed by atoms with Crippen LogP contribution in [0.4, 0.5) is 11.4 Å². The topological polar surface area (TPSA) is 125 Å². The first kappa shape index (κ1) is 38.2. The number of nitrogens with zero attached hydrogens (tertiary/aromatic N) is 2. The SMILES string of the molecule is CC(=O)Nc1ccccc1-c1ccc(C(=O)N2CCC[C@@H]3CCCC[C@@H]32)o1.CCC(=O)Nc1ccccc1-c1ccc(C(=O)N2CCC[C@@H]3CCCC[C@@H]32)o1. The molecule has 4 fully saturated rings. The molecule has 10 nitrogen and oxygen atoms in total. The number of nitrogens with one attached hydrogen (secondary N) is 2. The second-order valence-corrected chi connectivity index (χ2v) is 15.5. The highest BCUT2D eigenvalue weighted by Crippen LogP contribution is 2.39. The first-order valence-electron chi connectivity index (χ1n) is 20.4. The van der Waals surface area contributed by atoms with Crippen molar-refractivity contribution < 1.29 is 28.0 Å². The van der Waals surface area contributed by atoms with Crippen LogP contribution in [0.3, 0.4) is 0 Å². The minimum atomic E-state index is -0.137. The number of hydrogen-bond acceptors (Lipinski definition) is 6. The van der Waals surface area contributed by atoms with Crippen LogP contribution in [0.25, 0.3) is 22.6 Å². The summed E-state index contributed by atoms with van der Waals surface area (Å²) in [5.74, 6) is 3.07. The number of rotatable bonds is 7. The molecule has 10 heteroatoms. The quantitative estimate of drug-likeness (QED) is 0.194. The van der Waals surface area contributed by atoms with E-state index < -0.39 is 0 Å². The van der Waals surface area contributed by atoms with Crippen LogP contribution in [0, 0.1) is 11.8 Å². The van der Waals surface area contributed by atoms with E-state index in [0.717, 1.165) is 49.9 Å². The number of fused-ring (bicyclic) bond motifs is 2. The fraction of sp³-hybridized carbons (Fsp3) is 0.467. The Hall–Kier alpha value is -5.12. The van der Waals surface area contributed by atoms with Gasteiger partial charge in [-0.3, -0.25) is 19.2 Å². The molecule has 0 spiro atoms. The molecular weight excluding hydrogens is 693 g/mol. The van der Waals surface area contributed by atoms with Gasteiger partial charge in [-0.1, -0.05) is 56.9 Å². The Morgan fingerprint density at radius 3 is 1.49 bits per heavy atom. The molecule has 0 unspecified atom stereocenters. The summed E-state index contributed by atoms with van der Waals surface area (Å²) in [6.45, 7) is 4.93. The number of carbonyl (C=O) groups excluding carboxylic acids is 4. The van der Waals surface area contributed by atoms with E-state index in [1.54, 1.807) is 12.1 Å². The maximum Gasteiger partial charge on any atom is 0.289 e. The molecule has 2 saturated heterocycles. The summed E-state index contributed by atoms with van der Waals surface area (Å²) < 4.78 is 11.9. The third-order valence-electron chi connectivity index (χ3n) is 11.9. The zero-order valence-electron chi connectivity index (χ0n) is 32.2. The van der Waals surface area contributed by atoms with Gasteiger partial charge in [0.05, 0.1) is 11.4 Å². The predicted octanol–water partition coefficient (Wildman–Crippen LogP) is 9.79. The number of hydrogen-bond donors (Lipinski definition) is 2. The molecule has 2 aromatic carbocycles. The number of benzene rings is 2. The Balaban J connectivity index is 0.000000169. The molecular formula is C45H54N4O6. The molecule has 4 heterocycles. The van der Waals surface area contributed by atoms with Crippen LogP contribution in [-0.2, 0) is 9.59 Å². The van der Waals surface area contributed by atoms with Gasteiger partial charge in [0, 0.05) is 49.6 Å². The molecule has 0 radical (unpaired) electrons. The van der Waals surface area contributed by atoms with Gasteiger partial charge in [-0.2, -0.15) is 0 Å². The van der Waals surface area contributed by atoms with Crippen molar-refractivity contribution in [1.29, 1.82) is 0 Å². The lowest BCUT2D eigenvalue weighted by atomic mass is 9.78. The van der Waals surface area contributed by atoms with Gasteiger partial charge in [-0.25, -0.2) is 0 Å². The molecule has 290 valence electrons. The van der Waals surface area contributed by atoms with Gasteiger partial charge in [-0.05, 0) is 112 Å². The lowest BCUT2D eigenvalue weighted by Crippen LogP contribution is -2.49. The van der Waals surface area contributed by atoms with E-state index in [1.165, 1.54) is 58.3 Å². The highest BCUT2D eigenvalue weighted by atomic mass is 16.4. The zero-order chi connectivity index (χ0) is 38.3. The van der Waals surface area contributed by atoms with E-state index in [-0.39, 0.29) is 23.6 Å². The lowest BCUT2D eigenvalue weighted by Gasteiger charge is -2.43. The van der Waals surface area contributed by atoms with Gasteiger partial charge in [0.25, 0.3) is 11.8 Å². The third-order valence-corrected chi connectivity index (χ3v) is 11.9. The number of anilines is 2. The minimum absolute atomic E-state index is 0.00192. The highest BCUT2D eigenvalue weighted by molar-refractivity contribution is 5.97. The number of carbonyl (C=O) groups is 4. The van der Waals surface area contributed by atoms with Crippen molar-refractivity contribution in [1.82, 2.24) is 9.80 Å². The van der Waals surface area contributed by atoms with Crippen molar-refractivity contribution in [3.05, 3.63) is 84.3 Å². The third kappa shape index (κ3) is 8.74. The summed E-state index contributed by atoms with van der Waals surface area (Å²) in [4.78, 5) is 53.6. The van der Waals surface area contributed by atoms with Crippen LogP contribution < -0.4 is 10.6 Å². The molecule has 55 heavy (non-hydrogen) atoms. The van der Waals surface area contributed by atoms with Crippen LogP contribution in [0.5, 0.6) is 0 Å². The van der Waals surface area contributed by atoms with Crippen molar-refractivity contribution >= 4 is 35.0 Å². The summed E-state index contributed by atoms with van der Waals surface area (Å²) in [6.07, 6.45) is 14.7. The average Bonchev–Trinajstić information content (AvgIpc) is 3.92. The maximum absolute atomic E-state index is 13.2. The van der Waals surface area contributed by atoms with Gasteiger partial charge < -0.3 is 29.3 Å². The number of para-hydroxylation sites is 2. The number of likely N-dealkylation sites (tertiary alicyclic amines) is 2. The van der Waals surface area contributed by atoms with Crippen LogP contribution in [0.1, 0.15) is 118 Å². The average molecular weight is 747 g/mol. The molecule has 2 aromatic heterocycles. The van der Waals surface area contributed by atoms with Crippen molar-refractivity contribution in [2.75, 3.05) is 23.7 Å². The van der Waals surface area contributed by atoms with E-state index in [4.69, 9.17) is 8.83 Å². The van der Waals surface area contributed by atoms with Crippen LogP contribution in [0.2, 0.25) is 0 Å². The molecule has 2 aliphatic heterocycles. The number of piperidine rings is 2. The van der Waals surface area contributed by atoms with Gasteiger partial charge >= 0.3 is 0 Å².